The third-order valence-corrected chi connectivity index (χ3v) is 5.74. The second-order valence-corrected chi connectivity index (χ2v) is 8.34. The molecule has 4 aliphatic heterocycles. The van der Waals surface area contributed by atoms with Crippen molar-refractivity contribution in [2.45, 2.75) is 46.1 Å². The first-order chi connectivity index (χ1) is 13.3. The van der Waals surface area contributed by atoms with Gasteiger partial charge in [0.1, 0.15) is 0 Å². The van der Waals surface area contributed by atoms with E-state index in [4.69, 9.17) is 9.47 Å². The second kappa shape index (κ2) is 13.1. The highest BCUT2D eigenvalue weighted by atomic mass is 16.5. The molecule has 4 fully saturated rings. The molecule has 0 aliphatic carbocycles. The normalized spacial score (nSPS) is 29.2. The van der Waals surface area contributed by atoms with Gasteiger partial charge in [0, 0.05) is 50.8 Å². The smallest absolute Gasteiger partial charge is 0.0622 e. The molecule has 6 heteroatoms. The lowest BCUT2D eigenvalue weighted by molar-refractivity contribution is -0.114. The summed E-state index contributed by atoms with van der Waals surface area (Å²) >= 11 is 0. The molecule has 4 rings (SSSR count). The molecule has 1 atom stereocenters. The number of hydrogen-bond donors (Lipinski definition) is 2. The van der Waals surface area contributed by atoms with Gasteiger partial charge in [0.2, 0.25) is 0 Å². The van der Waals surface area contributed by atoms with E-state index < -0.39 is 0 Å². The molecule has 0 spiro atoms. The van der Waals surface area contributed by atoms with Crippen LogP contribution in [0.2, 0.25) is 0 Å². The number of hydrogen-bond acceptors (Lipinski definition) is 6. The Balaban J connectivity index is 0.000000178. The largest absolute Gasteiger partial charge is 0.380 e. The van der Waals surface area contributed by atoms with Gasteiger partial charge < -0.3 is 25.0 Å². The Morgan fingerprint density at radius 1 is 0.889 bits per heavy atom. The summed E-state index contributed by atoms with van der Waals surface area (Å²) in [7, 11) is 0. The summed E-state index contributed by atoms with van der Waals surface area (Å²) in [6, 6.07) is 0.713. The first-order valence-electron chi connectivity index (χ1n) is 11.3. The molecule has 1 unspecified atom stereocenters. The van der Waals surface area contributed by atoms with Crippen molar-refractivity contribution in [2.75, 3.05) is 85.3 Å². The van der Waals surface area contributed by atoms with Crippen LogP contribution in [0.3, 0.4) is 0 Å². The van der Waals surface area contributed by atoms with Crippen LogP contribution in [0.1, 0.15) is 40.0 Å². The molecule has 2 N–H and O–H groups in total. The van der Waals surface area contributed by atoms with Gasteiger partial charge in [0.15, 0.2) is 0 Å². The second-order valence-electron chi connectivity index (χ2n) is 8.34. The molecule has 4 saturated heterocycles. The Morgan fingerprint density at radius 2 is 1.59 bits per heavy atom. The van der Waals surface area contributed by atoms with Crippen LogP contribution in [0.4, 0.5) is 0 Å². The van der Waals surface area contributed by atoms with Gasteiger partial charge in [0.05, 0.1) is 19.8 Å². The Morgan fingerprint density at radius 3 is 2.22 bits per heavy atom. The fourth-order valence-electron chi connectivity index (χ4n) is 4.18. The van der Waals surface area contributed by atoms with E-state index in [-0.39, 0.29) is 0 Å². The third-order valence-electron chi connectivity index (χ3n) is 5.74. The third kappa shape index (κ3) is 8.34. The number of rotatable bonds is 3. The maximum atomic E-state index is 5.39. The van der Waals surface area contributed by atoms with E-state index in [9.17, 15) is 0 Å². The van der Waals surface area contributed by atoms with E-state index >= 15 is 0 Å². The van der Waals surface area contributed by atoms with Gasteiger partial charge in [-0.15, -0.1) is 0 Å². The summed E-state index contributed by atoms with van der Waals surface area (Å²) in [5.74, 6) is 0. The highest BCUT2D eigenvalue weighted by Crippen LogP contribution is 2.27. The summed E-state index contributed by atoms with van der Waals surface area (Å²) in [5, 5.41) is 6.84. The van der Waals surface area contributed by atoms with E-state index in [1.807, 2.05) is 13.8 Å². The molecule has 0 aromatic carbocycles. The summed E-state index contributed by atoms with van der Waals surface area (Å²) in [4.78, 5) is 5.15. The van der Waals surface area contributed by atoms with Gasteiger partial charge in [-0.25, -0.2) is 0 Å². The minimum atomic E-state index is 0.449. The average Bonchev–Trinajstić information content (AvgIpc) is 2.91. The van der Waals surface area contributed by atoms with E-state index in [0.29, 0.717) is 11.5 Å². The highest BCUT2D eigenvalue weighted by Gasteiger charge is 2.35. The van der Waals surface area contributed by atoms with Crippen molar-refractivity contribution < 1.29 is 9.47 Å². The molecule has 27 heavy (non-hydrogen) atoms. The van der Waals surface area contributed by atoms with Gasteiger partial charge in [-0.1, -0.05) is 20.8 Å². The van der Waals surface area contributed by atoms with Gasteiger partial charge in [-0.3, -0.25) is 4.90 Å². The molecule has 0 aromatic heterocycles. The summed E-state index contributed by atoms with van der Waals surface area (Å²) in [6.45, 7) is 21.0. The highest BCUT2D eigenvalue weighted by molar-refractivity contribution is 4.85. The fraction of sp³-hybridized carbons (Fsp3) is 1.00. The first kappa shape index (κ1) is 23.0. The minimum Gasteiger partial charge on any atom is -0.380 e. The summed E-state index contributed by atoms with van der Waals surface area (Å²) < 4.78 is 10.7. The number of nitrogens with one attached hydrogen (secondary N) is 2. The van der Waals surface area contributed by atoms with Crippen LogP contribution >= 0.6 is 0 Å². The fourth-order valence-corrected chi connectivity index (χ4v) is 4.18. The number of ether oxygens (including phenoxy) is 2. The van der Waals surface area contributed by atoms with Crippen molar-refractivity contribution >= 4 is 0 Å². The SMILES string of the molecule is C1CNCCN(C2CCOC2)C1.CC.CC1(CN2CCCNCC2)COC1. The van der Waals surface area contributed by atoms with Crippen LogP contribution in [0, 0.1) is 5.41 Å². The zero-order valence-electron chi connectivity index (χ0n) is 18.1. The van der Waals surface area contributed by atoms with Crippen LogP contribution < -0.4 is 10.6 Å². The van der Waals surface area contributed by atoms with E-state index in [2.05, 4.69) is 27.4 Å². The van der Waals surface area contributed by atoms with Gasteiger partial charge >= 0.3 is 0 Å². The van der Waals surface area contributed by atoms with Crippen LogP contribution in [0.5, 0.6) is 0 Å². The minimum absolute atomic E-state index is 0.449. The molecule has 0 amide bonds. The lowest BCUT2D eigenvalue weighted by Gasteiger charge is -2.41. The van der Waals surface area contributed by atoms with Crippen molar-refractivity contribution in [1.29, 1.82) is 0 Å². The molecule has 0 bridgehead atoms. The predicted molar refractivity (Wildman–Crippen MR) is 112 cm³/mol. The van der Waals surface area contributed by atoms with Crippen molar-refractivity contribution in [3.8, 4) is 0 Å². The molecule has 0 radical (unpaired) electrons. The average molecular weight is 385 g/mol. The lowest BCUT2D eigenvalue weighted by Crippen LogP contribution is -2.49. The molecule has 160 valence electrons. The Kier molecular flexibility index (Phi) is 11.2. The first-order valence-corrected chi connectivity index (χ1v) is 11.3. The monoisotopic (exact) mass is 384 g/mol. The zero-order chi connectivity index (χ0) is 19.4. The standard InChI is InChI=1S/C10H20N2O.C9H18N2O.C2H6/c1-10(8-13-9-10)7-12-5-2-3-11-4-6-12;1-3-10-4-6-11(5-1)9-2-7-12-8-9;1-2/h11H,2-9H2,1H3;9-10H,1-8H2;1-2H3. The predicted octanol–water partition coefficient (Wildman–Crippen LogP) is 1.42. The van der Waals surface area contributed by atoms with Crippen molar-refractivity contribution in [3.63, 3.8) is 0 Å². The number of nitrogens with zero attached hydrogens (tertiary/aromatic N) is 2. The zero-order valence-corrected chi connectivity index (χ0v) is 18.1. The van der Waals surface area contributed by atoms with Gasteiger partial charge in [0.25, 0.3) is 0 Å². The van der Waals surface area contributed by atoms with Crippen molar-refractivity contribution in [3.05, 3.63) is 0 Å². The molecule has 6 nitrogen and oxygen atoms in total. The van der Waals surface area contributed by atoms with Gasteiger partial charge in [-0.2, -0.15) is 0 Å². The molecule has 4 aliphatic rings. The van der Waals surface area contributed by atoms with Crippen LogP contribution in [0.15, 0.2) is 0 Å². The van der Waals surface area contributed by atoms with Crippen molar-refractivity contribution in [1.82, 2.24) is 20.4 Å². The summed E-state index contributed by atoms with van der Waals surface area (Å²) in [6.07, 6.45) is 3.81. The van der Waals surface area contributed by atoms with E-state index in [0.717, 1.165) is 39.5 Å². The Bertz CT molecular complexity index is 357. The maximum absolute atomic E-state index is 5.39. The van der Waals surface area contributed by atoms with Crippen LogP contribution in [-0.4, -0.2) is 101 Å². The molecule has 4 heterocycles. The van der Waals surface area contributed by atoms with Gasteiger partial charge in [-0.05, 0) is 45.4 Å². The Hall–Kier alpha value is -0.240. The van der Waals surface area contributed by atoms with Crippen LogP contribution in [0.25, 0.3) is 0 Å². The van der Waals surface area contributed by atoms with Crippen LogP contribution in [-0.2, 0) is 9.47 Å². The van der Waals surface area contributed by atoms with Crippen molar-refractivity contribution in [2.24, 2.45) is 5.41 Å². The molecule has 0 aromatic rings. The van der Waals surface area contributed by atoms with E-state index in [1.54, 1.807) is 0 Å². The quantitative estimate of drug-likeness (QED) is 0.767. The molecular formula is C21H44N4O2. The maximum Gasteiger partial charge on any atom is 0.0622 e. The Labute approximate surface area is 167 Å². The lowest BCUT2D eigenvalue weighted by atomic mass is 9.88. The summed E-state index contributed by atoms with van der Waals surface area (Å²) in [5.41, 5.74) is 0.449. The molecule has 0 saturated carbocycles. The molecular weight excluding hydrogens is 340 g/mol. The topological polar surface area (TPSA) is 49.0 Å². The van der Waals surface area contributed by atoms with E-state index in [1.165, 1.54) is 65.1 Å².